The molecule has 3 aromatic rings. The van der Waals surface area contributed by atoms with Crippen molar-refractivity contribution in [3.63, 3.8) is 0 Å². The van der Waals surface area contributed by atoms with Crippen molar-refractivity contribution in [1.29, 1.82) is 0 Å². The van der Waals surface area contributed by atoms with Crippen LogP contribution in [-0.4, -0.2) is 36.1 Å². The number of aromatic amines is 1. The summed E-state index contributed by atoms with van der Waals surface area (Å²) in [7, 11) is 1.75. The molecule has 0 spiro atoms. The van der Waals surface area contributed by atoms with Crippen molar-refractivity contribution in [1.82, 2.24) is 20.6 Å². The molecule has 1 aromatic carbocycles. The molecule has 0 atom stereocenters. The Labute approximate surface area is 169 Å². The SMILES string of the molecule is CN=C(NCCc1c[nH]c2cc(F)ccc12)NCc1ccc(OCC2CC2)nc1. The Bertz CT molecular complexity index is 979. The van der Waals surface area contributed by atoms with Crippen LogP contribution in [0.4, 0.5) is 4.39 Å². The van der Waals surface area contributed by atoms with Crippen molar-refractivity contribution in [2.24, 2.45) is 10.9 Å². The quantitative estimate of drug-likeness (QED) is 0.404. The fourth-order valence-electron chi connectivity index (χ4n) is 3.18. The number of hydrogen-bond donors (Lipinski definition) is 3. The van der Waals surface area contributed by atoms with Gasteiger partial charge < -0.3 is 20.4 Å². The van der Waals surface area contributed by atoms with Gasteiger partial charge in [-0.25, -0.2) is 9.37 Å². The highest BCUT2D eigenvalue weighted by Crippen LogP contribution is 2.29. The molecule has 0 aliphatic heterocycles. The molecule has 7 heteroatoms. The third kappa shape index (κ3) is 5.25. The van der Waals surface area contributed by atoms with Crippen LogP contribution in [0.2, 0.25) is 0 Å². The molecule has 0 bridgehead atoms. The summed E-state index contributed by atoms with van der Waals surface area (Å²) in [5.74, 6) is 1.90. The number of aliphatic imine (C=N–C) groups is 1. The third-order valence-corrected chi connectivity index (χ3v) is 5.06. The number of benzene rings is 1. The van der Waals surface area contributed by atoms with Crippen LogP contribution < -0.4 is 15.4 Å². The average Bonchev–Trinajstić information content (AvgIpc) is 3.49. The zero-order valence-corrected chi connectivity index (χ0v) is 16.5. The lowest BCUT2D eigenvalue weighted by Crippen LogP contribution is -2.37. The summed E-state index contributed by atoms with van der Waals surface area (Å²) in [6.07, 6.45) is 7.11. The lowest BCUT2D eigenvalue weighted by Gasteiger charge is -2.12. The van der Waals surface area contributed by atoms with Crippen LogP contribution in [0.3, 0.4) is 0 Å². The molecule has 0 radical (unpaired) electrons. The predicted molar refractivity (Wildman–Crippen MR) is 113 cm³/mol. The first-order valence-corrected chi connectivity index (χ1v) is 9.99. The molecule has 1 fully saturated rings. The fraction of sp³-hybridized carbons (Fsp3) is 0.364. The van der Waals surface area contributed by atoms with Gasteiger partial charge in [-0.05, 0) is 54.5 Å². The largest absolute Gasteiger partial charge is 0.477 e. The van der Waals surface area contributed by atoms with E-state index in [1.54, 1.807) is 7.05 Å². The van der Waals surface area contributed by atoms with Gasteiger partial charge in [0.15, 0.2) is 5.96 Å². The first-order valence-electron chi connectivity index (χ1n) is 9.99. The number of hydrogen-bond acceptors (Lipinski definition) is 3. The summed E-state index contributed by atoms with van der Waals surface area (Å²) in [4.78, 5) is 11.7. The maximum absolute atomic E-state index is 13.3. The van der Waals surface area contributed by atoms with Gasteiger partial charge in [-0.2, -0.15) is 0 Å². The molecular weight excluding hydrogens is 369 g/mol. The lowest BCUT2D eigenvalue weighted by atomic mass is 10.1. The van der Waals surface area contributed by atoms with Crippen LogP contribution in [0.15, 0.2) is 47.7 Å². The minimum atomic E-state index is -0.231. The number of nitrogens with zero attached hydrogens (tertiary/aromatic N) is 2. The van der Waals surface area contributed by atoms with E-state index in [0.717, 1.165) is 53.5 Å². The van der Waals surface area contributed by atoms with Gasteiger partial charge in [0, 0.05) is 49.5 Å². The number of H-pyrrole nitrogens is 1. The van der Waals surface area contributed by atoms with E-state index in [-0.39, 0.29) is 5.82 Å². The van der Waals surface area contributed by atoms with Gasteiger partial charge in [0.2, 0.25) is 5.88 Å². The fourth-order valence-corrected chi connectivity index (χ4v) is 3.18. The van der Waals surface area contributed by atoms with Crippen molar-refractivity contribution < 1.29 is 9.13 Å². The smallest absolute Gasteiger partial charge is 0.213 e. The minimum Gasteiger partial charge on any atom is -0.477 e. The monoisotopic (exact) mass is 395 g/mol. The molecule has 6 nitrogen and oxygen atoms in total. The zero-order valence-electron chi connectivity index (χ0n) is 16.5. The summed E-state index contributed by atoms with van der Waals surface area (Å²) < 4.78 is 19.0. The van der Waals surface area contributed by atoms with Crippen molar-refractivity contribution in [3.05, 3.63) is 59.7 Å². The number of aromatic nitrogens is 2. The second-order valence-corrected chi connectivity index (χ2v) is 7.37. The van der Waals surface area contributed by atoms with E-state index < -0.39 is 0 Å². The van der Waals surface area contributed by atoms with Gasteiger partial charge in [-0.1, -0.05) is 6.07 Å². The van der Waals surface area contributed by atoms with E-state index in [4.69, 9.17) is 4.74 Å². The molecule has 1 saturated carbocycles. The third-order valence-electron chi connectivity index (χ3n) is 5.06. The number of guanidine groups is 1. The van der Waals surface area contributed by atoms with E-state index >= 15 is 0 Å². The second kappa shape index (κ2) is 8.94. The van der Waals surface area contributed by atoms with Crippen LogP contribution in [0.1, 0.15) is 24.0 Å². The Balaban J connectivity index is 1.23. The van der Waals surface area contributed by atoms with Gasteiger partial charge >= 0.3 is 0 Å². The maximum atomic E-state index is 13.3. The molecule has 0 unspecified atom stereocenters. The van der Waals surface area contributed by atoms with Crippen molar-refractivity contribution >= 4 is 16.9 Å². The molecule has 4 rings (SSSR count). The van der Waals surface area contributed by atoms with Crippen molar-refractivity contribution in [2.45, 2.75) is 25.8 Å². The van der Waals surface area contributed by atoms with Crippen LogP contribution in [0.5, 0.6) is 5.88 Å². The molecule has 1 aliphatic rings. The summed E-state index contributed by atoms with van der Waals surface area (Å²) in [6, 6.07) is 8.75. The van der Waals surface area contributed by atoms with Gasteiger partial charge in [0.1, 0.15) is 5.82 Å². The Morgan fingerprint density at radius 3 is 2.93 bits per heavy atom. The average molecular weight is 395 g/mol. The van der Waals surface area contributed by atoms with E-state index in [2.05, 4.69) is 25.6 Å². The predicted octanol–water partition coefficient (Wildman–Crippen LogP) is 3.40. The zero-order chi connectivity index (χ0) is 20.1. The van der Waals surface area contributed by atoms with Gasteiger partial charge in [-0.3, -0.25) is 4.99 Å². The van der Waals surface area contributed by atoms with Crippen molar-refractivity contribution in [3.8, 4) is 5.88 Å². The molecule has 2 aromatic heterocycles. The molecule has 2 heterocycles. The standard InChI is InChI=1S/C22H26FN5O/c1-24-22(25-9-8-17-13-26-20-10-18(23)5-6-19(17)20)28-12-16-4-7-21(27-11-16)29-14-15-2-3-15/h4-7,10-11,13,15,26H,2-3,8-9,12,14H2,1H3,(H2,24,25,28). The van der Waals surface area contributed by atoms with Gasteiger partial charge in [0.05, 0.1) is 6.61 Å². The van der Waals surface area contributed by atoms with E-state index in [0.29, 0.717) is 12.4 Å². The molecule has 0 saturated heterocycles. The summed E-state index contributed by atoms with van der Waals surface area (Å²) in [5.41, 5.74) is 3.03. The lowest BCUT2D eigenvalue weighted by molar-refractivity contribution is 0.288. The highest BCUT2D eigenvalue weighted by atomic mass is 19.1. The number of nitrogens with one attached hydrogen (secondary N) is 3. The van der Waals surface area contributed by atoms with Gasteiger partial charge in [0.25, 0.3) is 0 Å². The molecule has 0 amide bonds. The van der Waals surface area contributed by atoms with E-state index in [1.165, 1.54) is 25.0 Å². The Morgan fingerprint density at radius 2 is 2.17 bits per heavy atom. The number of fused-ring (bicyclic) bond motifs is 1. The Morgan fingerprint density at radius 1 is 1.28 bits per heavy atom. The van der Waals surface area contributed by atoms with Crippen LogP contribution in [-0.2, 0) is 13.0 Å². The van der Waals surface area contributed by atoms with E-state index in [1.807, 2.05) is 30.6 Å². The molecule has 3 N–H and O–H groups in total. The van der Waals surface area contributed by atoms with Crippen LogP contribution in [0, 0.1) is 11.7 Å². The number of halogens is 1. The van der Waals surface area contributed by atoms with Gasteiger partial charge in [-0.15, -0.1) is 0 Å². The number of rotatable bonds is 8. The number of pyridine rings is 1. The first kappa shape index (κ1) is 19.2. The molecule has 1 aliphatic carbocycles. The second-order valence-electron chi connectivity index (χ2n) is 7.37. The normalized spacial score (nSPS) is 14.2. The van der Waals surface area contributed by atoms with Crippen LogP contribution >= 0.6 is 0 Å². The Kier molecular flexibility index (Phi) is 5.93. The van der Waals surface area contributed by atoms with E-state index in [9.17, 15) is 4.39 Å². The highest BCUT2D eigenvalue weighted by molar-refractivity contribution is 5.83. The molecular formula is C22H26FN5O. The summed E-state index contributed by atoms with van der Waals surface area (Å²) >= 11 is 0. The molecule has 29 heavy (non-hydrogen) atoms. The maximum Gasteiger partial charge on any atom is 0.213 e. The highest BCUT2D eigenvalue weighted by Gasteiger charge is 2.22. The Hall–Kier alpha value is -3.09. The van der Waals surface area contributed by atoms with Crippen LogP contribution in [0.25, 0.3) is 10.9 Å². The minimum absolute atomic E-state index is 0.231. The topological polar surface area (TPSA) is 74.3 Å². The van der Waals surface area contributed by atoms with Crippen molar-refractivity contribution in [2.75, 3.05) is 20.2 Å². The first-order chi connectivity index (χ1) is 14.2. The molecule has 152 valence electrons. The summed E-state index contributed by atoms with van der Waals surface area (Å²) in [5, 5.41) is 7.65. The number of ether oxygens (including phenoxy) is 1. The summed E-state index contributed by atoms with van der Waals surface area (Å²) in [6.45, 7) is 2.12.